The molecule has 0 bridgehead atoms. The first-order valence-corrected chi connectivity index (χ1v) is 6.69. The van der Waals surface area contributed by atoms with Crippen molar-refractivity contribution in [1.29, 1.82) is 0 Å². The molecule has 0 saturated heterocycles. The van der Waals surface area contributed by atoms with Crippen LogP contribution in [-0.4, -0.2) is 32.2 Å². The van der Waals surface area contributed by atoms with Crippen molar-refractivity contribution < 1.29 is 19.0 Å². The van der Waals surface area contributed by atoms with Crippen LogP contribution in [0.2, 0.25) is 5.02 Å². The topological polar surface area (TPSA) is 69.7 Å². The van der Waals surface area contributed by atoms with Gasteiger partial charge in [-0.15, -0.1) is 0 Å². The van der Waals surface area contributed by atoms with Crippen molar-refractivity contribution in [2.75, 3.05) is 26.6 Å². The predicted molar refractivity (Wildman–Crippen MR) is 83.3 cm³/mol. The third kappa shape index (κ3) is 3.40. The molecule has 116 valence electrons. The molecule has 0 radical (unpaired) electrons. The Balaban J connectivity index is 2.25. The zero-order chi connectivity index (χ0) is 16.1. The van der Waals surface area contributed by atoms with Gasteiger partial charge < -0.3 is 19.5 Å². The summed E-state index contributed by atoms with van der Waals surface area (Å²) in [7, 11) is 4.50. The molecule has 1 amide bonds. The van der Waals surface area contributed by atoms with Gasteiger partial charge in [-0.2, -0.15) is 0 Å². The van der Waals surface area contributed by atoms with E-state index >= 15 is 0 Å². The van der Waals surface area contributed by atoms with Gasteiger partial charge in [0, 0.05) is 18.3 Å². The number of benzene rings is 1. The molecule has 2 aromatic rings. The summed E-state index contributed by atoms with van der Waals surface area (Å²) in [6, 6.07) is 6.38. The molecule has 0 aliphatic carbocycles. The van der Waals surface area contributed by atoms with E-state index in [1.165, 1.54) is 27.5 Å². The summed E-state index contributed by atoms with van der Waals surface area (Å²) >= 11 is 6.07. The molecule has 2 rings (SSSR count). The van der Waals surface area contributed by atoms with Gasteiger partial charge in [0.25, 0.3) is 5.91 Å². The Bertz CT molecular complexity index is 674. The number of carbonyl (C=O) groups is 1. The number of anilines is 1. The average Bonchev–Trinajstić information content (AvgIpc) is 2.55. The molecular weight excluding hydrogens is 308 g/mol. The zero-order valence-electron chi connectivity index (χ0n) is 12.3. The second-order valence-corrected chi connectivity index (χ2v) is 4.64. The van der Waals surface area contributed by atoms with Gasteiger partial charge in [-0.05, 0) is 12.1 Å². The van der Waals surface area contributed by atoms with Crippen LogP contribution in [0.5, 0.6) is 17.4 Å². The van der Waals surface area contributed by atoms with Crippen LogP contribution in [0.15, 0.2) is 30.5 Å². The van der Waals surface area contributed by atoms with Crippen molar-refractivity contribution in [2.24, 2.45) is 0 Å². The van der Waals surface area contributed by atoms with E-state index in [-0.39, 0.29) is 5.91 Å². The number of nitrogens with zero attached hydrogens (tertiary/aromatic N) is 1. The molecule has 1 N–H and O–H groups in total. The lowest BCUT2D eigenvalue weighted by Gasteiger charge is -2.13. The SMILES string of the molecule is COc1ccc(C(=O)Nc2cc(Cl)c(OC)cc2OC)cn1. The lowest BCUT2D eigenvalue weighted by Crippen LogP contribution is -2.13. The minimum Gasteiger partial charge on any atom is -0.495 e. The average molecular weight is 323 g/mol. The maximum absolute atomic E-state index is 12.2. The number of amides is 1. The summed E-state index contributed by atoms with van der Waals surface area (Å²) in [6.45, 7) is 0. The first kappa shape index (κ1) is 15.9. The quantitative estimate of drug-likeness (QED) is 0.916. The lowest BCUT2D eigenvalue weighted by molar-refractivity contribution is 0.102. The van der Waals surface area contributed by atoms with Crippen LogP contribution in [0.25, 0.3) is 0 Å². The van der Waals surface area contributed by atoms with Gasteiger partial charge in [0.15, 0.2) is 0 Å². The van der Waals surface area contributed by atoms with Gasteiger partial charge in [0.2, 0.25) is 5.88 Å². The van der Waals surface area contributed by atoms with Gasteiger partial charge >= 0.3 is 0 Å². The van der Waals surface area contributed by atoms with E-state index in [0.29, 0.717) is 33.7 Å². The van der Waals surface area contributed by atoms with Crippen molar-refractivity contribution in [2.45, 2.75) is 0 Å². The number of pyridine rings is 1. The van der Waals surface area contributed by atoms with Crippen LogP contribution >= 0.6 is 11.6 Å². The Hall–Kier alpha value is -2.47. The van der Waals surface area contributed by atoms with Crippen molar-refractivity contribution in [3.8, 4) is 17.4 Å². The molecule has 1 aromatic carbocycles. The van der Waals surface area contributed by atoms with E-state index in [4.69, 9.17) is 25.8 Å². The molecule has 0 atom stereocenters. The summed E-state index contributed by atoms with van der Waals surface area (Å²) in [6.07, 6.45) is 1.42. The maximum atomic E-state index is 12.2. The number of methoxy groups -OCH3 is 3. The molecule has 0 aliphatic rings. The van der Waals surface area contributed by atoms with Crippen LogP contribution in [0.3, 0.4) is 0 Å². The monoisotopic (exact) mass is 322 g/mol. The number of hydrogen-bond acceptors (Lipinski definition) is 5. The van der Waals surface area contributed by atoms with Crippen LogP contribution < -0.4 is 19.5 Å². The molecule has 0 spiro atoms. The number of rotatable bonds is 5. The molecule has 1 heterocycles. The van der Waals surface area contributed by atoms with Gasteiger partial charge in [-0.1, -0.05) is 11.6 Å². The smallest absolute Gasteiger partial charge is 0.257 e. The van der Waals surface area contributed by atoms with Crippen LogP contribution in [0.4, 0.5) is 5.69 Å². The number of halogens is 1. The van der Waals surface area contributed by atoms with Gasteiger partial charge in [-0.3, -0.25) is 4.79 Å². The summed E-state index contributed by atoms with van der Waals surface area (Å²) in [5.41, 5.74) is 0.823. The largest absolute Gasteiger partial charge is 0.495 e. The Morgan fingerprint density at radius 3 is 2.36 bits per heavy atom. The van der Waals surface area contributed by atoms with Crippen LogP contribution in [0.1, 0.15) is 10.4 Å². The zero-order valence-corrected chi connectivity index (χ0v) is 13.1. The highest BCUT2D eigenvalue weighted by molar-refractivity contribution is 6.32. The molecule has 7 heteroatoms. The van der Waals surface area contributed by atoms with Crippen molar-refractivity contribution in [1.82, 2.24) is 4.98 Å². The number of aromatic nitrogens is 1. The highest BCUT2D eigenvalue weighted by atomic mass is 35.5. The molecule has 0 aliphatic heterocycles. The summed E-state index contributed by atoms with van der Waals surface area (Å²) in [5.74, 6) is 0.995. The molecule has 0 fully saturated rings. The normalized spacial score (nSPS) is 10.0. The molecule has 0 saturated carbocycles. The first-order chi connectivity index (χ1) is 10.6. The Morgan fingerprint density at radius 2 is 1.82 bits per heavy atom. The summed E-state index contributed by atoms with van der Waals surface area (Å²) in [4.78, 5) is 16.2. The summed E-state index contributed by atoms with van der Waals surface area (Å²) < 4.78 is 15.3. The van der Waals surface area contributed by atoms with E-state index in [0.717, 1.165) is 0 Å². The molecule has 0 unspecified atom stereocenters. The first-order valence-electron chi connectivity index (χ1n) is 6.32. The third-order valence-electron chi connectivity index (χ3n) is 2.93. The van der Waals surface area contributed by atoms with E-state index in [1.807, 2.05) is 0 Å². The predicted octanol–water partition coefficient (Wildman–Crippen LogP) is 3.01. The molecule has 22 heavy (non-hydrogen) atoms. The number of ether oxygens (including phenoxy) is 3. The van der Waals surface area contributed by atoms with Crippen molar-refractivity contribution in [3.05, 3.63) is 41.0 Å². The Labute approximate surface area is 133 Å². The molecule has 1 aromatic heterocycles. The van der Waals surface area contributed by atoms with Crippen molar-refractivity contribution in [3.63, 3.8) is 0 Å². The second kappa shape index (κ2) is 7.00. The highest BCUT2D eigenvalue weighted by Crippen LogP contribution is 2.36. The lowest BCUT2D eigenvalue weighted by atomic mass is 10.2. The van der Waals surface area contributed by atoms with Crippen LogP contribution in [0, 0.1) is 0 Å². The Kier molecular flexibility index (Phi) is 5.06. The number of carbonyl (C=O) groups excluding carboxylic acids is 1. The Morgan fingerprint density at radius 1 is 1.09 bits per heavy atom. The van der Waals surface area contributed by atoms with Gasteiger partial charge in [-0.25, -0.2) is 4.98 Å². The fourth-order valence-corrected chi connectivity index (χ4v) is 2.03. The number of nitrogens with one attached hydrogen (secondary N) is 1. The van der Waals surface area contributed by atoms with E-state index in [1.54, 1.807) is 24.3 Å². The fraction of sp³-hybridized carbons (Fsp3) is 0.200. The van der Waals surface area contributed by atoms with E-state index in [2.05, 4.69) is 10.3 Å². The van der Waals surface area contributed by atoms with Gasteiger partial charge in [0.1, 0.15) is 11.5 Å². The number of hydrogen-bond donors (Lipinski definition) is 1. The van der Waals surface area contributed by atoms with E-state index in [9.17, 15) is 4.79 Å². The minimum atomic E-state index is -0.338. The summed E-state index contributed by atoms with van der Waals surface area (Å²) in [5, 5.41) is 3.09. The molecule has 6 nitrogen and oxygen atoms in total. The fourth-order valence-electron chi connectivity index (χ4n) is 1.79. The maximum Gasteiger partial charge on any atom is 0.257 e. The highest BCUT2D eigenvalue weighted by Gasteiger charge is 2.14. The van der Waals surface area contributed by atoms with Gasteiger partial charge in [0.05, 0.1) is 37.6 Å². The van der Waals surface area contributed by atoms with Crippen molar-refractivity contribution >= 4 is 23.2 Å². The minimum absolute atomic E-state index is 0.338. The third-order valence-corrected chi connectivity index (χ3v) is 3.23. The van der Waals surface area contributed by atoms with Crippen LogP contribution in [-0.2, 0) is 0 Å². The van der Waals surface area contributed by atoms with E-state index < -0.39 is 0 Å². The second-order valence-electron chi connectivity index (χ2n) is 4.23. The molecular formula is C15H15ClN2O4. The standard InChI is InChI=1S/C15H15ClN2O4/c1-20-12-7-13(21-2)11(6-10(12)16)18-15(19)9-4-5-14(22-3)17-8-9/h4-8H,1-3H3,(H,18,19).